The summed E-state index contributed by atoms with van der Waals surface area (Å²) in [7, 11) is 1.59. The van der Waals surface area contributed by atoms with Crippen molar-refractivity contribution >= 4 is 23.2 Å². The molecular weight excluding hydrogens is 392 g/mol. The van der Waals surface area contributed by atoms with E-state index in [1.165, 1.54) is 0 Å². The predicted octanol–water partition coefficient (Wildman–Crippen LogP) is 4.33. The largest absolute Gasteiger partial charge is 0.495 e. The molecule has 0 spiro atoms. The summed E-state index contributed by atoms with van der Waals surface area (Å²) < 4.78 is 12.4. The summed E-state index contributed by atoms with van der Waals surface area (Å²) in [6, 6.07) is 5.64. The number of nitrogens with zero attached hydrogens (tertiary/aromatic N) is 3. The molecule has 1 aromatic carbocycles. The van der Waals surface area contributed by atoms with E-state index in [1.807, 2.05) is 36.7 Å². The number of nitrogens with one attached hydrogen (secondary N) is 1. The monoisotopic (exact) mass is 414 g/mol. The average molecular weight is 415 g/mol. The topological polar surface area (TPSA) is 82.2 Å². The van der Waals surface area contributed by atoms with Crippen molar-refractivity contribution in [2.45, 2.75) is 46.1 Å². The van der Waals surface area contributed by atoms with Crippen LogP contribution in [0, 0.1) is 13.8 Å². The zero-order chi connectivity index (χ0) is 20.5. The van der Waals surface area contributed by atoms with Crippen LogP contribution in [-0.2, 0) is 19.4 Å². The van der Waals surface area contributed by atoms with Gasteiger partial charge in [-0.1, -0.05) is 22.8 Å². The molecule has 0 bridgehead atoms. The maximum atomic E-state index is 12.8. The zero-order valence-corrected chi connectivity index (χ0v) is 17.5. The number of methoxy groups -OCH3 is 1. The summed E-state index contributed by atoms with van der Waals surface area (Å²) in [6.45, 7) is 4.34. The summed E-state index contributed by atoms with van der Waals surface area (Å²) in [6.07, 6.45) is 3.80. The van der Waals surface area contributed by atoms with Gasteiger partial charge in [-0.25, -0.2) is 0 Å². The third-order valence-electron chi connectivity index (χ3n) is 5.33. The molecule has 0 aliphatic heterocycles. The molecule has 1 aliphatic carbocycles. The van der Waals surface area contributed by atoms with Crippen LogP contribution in [0.2, 0.25) is 5.02 Å². The van der Waals surface area contributed by atoms with Gasteiger partial charge < -0.3 is 14.6 Å². The van der Waals surface area contributed by atoms with Crippen LogP contribution in [0.5, 0.6) is 5.75 Å². The number of carbonyl (C=O) groups is 1. The van der Waals surface area contributed by atoms with Crippen LogP contribution in [0.4, 0.5) is 5.69 Å². The van der Waals surface area contributed by atoms with E-state index in [1.54, 1.807) is 7.11 Å². The molecule has 0 unspecified atom stereocenters. The van der Waals surface area contributed by atoms with Gasteiger partial charge in [0.25, 0.3) is 5.91 Å². The maximum absolute atomic E-state index is 12.8. The molecule has 0 radical (unpaired) electrons. The van der Waals surface area contributed by atoms with E-state index in [4.69, 9.17) is 20.9 Å². The number of hydrogen-bond acceptors (Lipinski definition) is 5. The molecular formula is C21H23ClN4O3. The van der Waals surface area contributed by atoms with Crippen molar-refractivity contribution in [3.63, 3.8) is 0 Å². The first-order valence-electron chi connectivity index (χ1n) is 9.63. The Bertz CT molecular complexity index is 1070. The predicted molar refractivity (Wildman–Crippen MR) is 110 cm³/mol. The van der Waals surface area contributed by atoms with Gasteiger partial charge in [-0.3, -0.25) is 9.48 Å². The molecule has 2 aromatic heterocycles. The van der Waals surface area contributed by atoms with Crippen LogP contribution in [0.3, 0.4) is 0 Å². The Morgan fingerprint density at radius 2 is 2.10 bits per heavy atom. The summed E-state index contributed by atoms with van der Waals surface area (Å²) in [5.41, 5.74) is 4.61. The Kier molecular flexibility index (Phi) is 5.32. The third kappa shape index (κ3) is 3.74. The molecule has 3 aromatic rings. The van der Waals surface area contributed by atoms with Gasteiger partial charge in [0.2, 0.25) is 0 Å². The second-order valence-corrected chi connectivity index (χ2v) is 7.67. The Labute approximate surface area is 174 Å². The number of carbonyl (C=O) groups excluding carboxylic acids is 1. The van der Waals surface area contributed by atoms with E-state index in [0.29, 0.717) is 28.7 Å². The van der Waals surface area contributed by atoms with Crippen LogP contribution < -0.4 is 10.1 Å². The maximum Gasteiger partial charge on any atom is 0.278 e. The molecule has 29 heavy (non-hydrogen) atoms. The van der Waals surface area contributed by atoms with Crippen molar-refractivity contribution in [2.75, 3.05) is 12.4 Å². The van der Waals surface area contributed by atoms with Gasteiger partial charge in [-0.15, -0.1) is 0 Å². The number of benzene rings is 1. The number of halogens is 1. The van der Waals surface area contributed by atoms with Gasteiger partial charge in [-0.2, -0.15) is 5.10 Å². The van der Waals surface area contributed by atoms with Crippen LogP contribution in [0.25, 0.3) is 0 Å². The number of fused-ring (bicyclic) bond motifs is 1. The standard InChI is InChI=1S/C21H23ClN4O3/c1-12-19(23-21(27)20-15-6-4-5-7-17(15)29-25-20)13(2)26(24-12)11-14-8-9-18(28-3)16(22)10-14/h8-10H,4-7,11H2,1-3H3,(H,23,27). The number of aromatic nitrogens is 3. The van der Waals surface area contributed by atoms with Crippen LogP contribution in [0.1, 0.15) is 51.6 Å². The van der Waals surface area contributed by atoms with Crippen LogP contribution in [0.15, 0.2) is 22.7 Å². The van der Waals surface area contributed by atoms with E-state index < -0.39 is 0 Å². The summed E-state index contributed by atoms with van der Waals surface area (Å²) >= 11 is 6.23. The van der Waals surface area contributed by atoms with Gasteiger partial charge in [0, 0.05) is 12.0 Å². The van der Waals surface area contributed by atoms with Crippen molar-refractivity contribution < 1.29 is 14.1 Å². The number of rotatable bonds is 5. The minimum absolute atomic E-state index is 0.254. The van der Waals surface area contributed by atoms with Gasteiger partial charge in [0.15, 0.2) is 5.69 Å². The summed E-state index contributed by atoms with van der Waals surface area (Å²) in [5, 5.41) is 12.1. The lowest BCUT2D eigenvalue weighted by Gasteiger charge is -2.10. The first-order valence-corrected chi connectivity index (χ1v) is 10.0. The Morgan fingerprint density at radius 3 is 2.86 bits per heavy atom. The molecule has 1 amide bonds. The average Bonchev–Trinajstić information content (AvgIpc) is 3.25. The molecule has 1 N–H and O–H groups in total. The number of amides is 1. The number of anilines is 1. The van der Waals surface area contributed by atoms with E-state index in [9.17, 15) is 4.79 Å². The molecule has 7 nitrogen and oxygen atoms in total. The fourth-order valence-corrected chi connectivity index (χ4v) is 4.03. The van der Waals surface area contributed by atoms with Crippen molar-refractivity contribution in [2.24, 2.45) is 0 Å². The Morgan fingerprint density at radius 1 is 1.31 bits per heavy atom. The molecule has 0 saturated carbocycles. The number of hydrogen-bond donors (Lipinski definition) is 1. The van der Waals surface area contributed by atoms with Gasteiger partial charge in [-0.05, 0) is 50.8 Å². The molecule has 1 aliphatic rings. The highest BCUT2D eigenvalue weighted by atomic mass is 35.5. The molecule has 152 valence electrons. The molecule has 4 rings (SSSR count). The third-order valence-corrected chi connectivity index (χ3v) is 5.63. The number of aryl methyl sites for hydroxylation is 2. The second-order valence-electron chi connectivity index (χ2n) is 7.27. The minimum atomic E-state index is -0.254. The van der Waals surface area contributed by atoms with Gasteiger partial charge in [0.05, 0.1) is 35.8 Å². The quantitative estimate of drug-likeness (QED) is 0.671. The fourth-order valence-electron chi connectivity index (χ4n) is 3.75. The lowest BCUT2D eigenvalue weighted by atomic mass is 9.96. The second kappa shape index (κ2) is 7.91. The highest BCUT2D eigenvalue weighted by Crippen LogP contribution is 2.28. The van der Waals surface area contributed by atoms with E-state index >= 15 is 0 Å². The molecule has 2 heterocycles. The normalized spacial score (nSPS) is 13.2. The first kappa shape index (κ1) is 19.5. The SMILES string of the molecule is COc1ccc(Cn2nc(C)c(NC(=O)c3noc4c3CCCC4)c2C)cc1Cl. The van der Waals surface area contributed by atoms with Gasteiger partial charge >= 0.3 is 0 Å². The fraction of sp³-hybridized carbons (Fsp3) is 0.381. The van der Waals surface area contributed by atoms with Gasteiger partial charge in [0.1, 0.15) is 11.5 Å². The highest BCUT2D eigenvalue weighted by molar-refractivity contribution is 6.32. The van der Waals surface area contributed by atoms with Crippen molar-refractivity contribution in [3.8, 4) is 5.75 Å². The molecule has 0 atom stereocenters. The number of ether oxygens (including phenoxy) is 1. The lowest BCUT2D eigenvalue weighted by molar-refractivity contribution is 0.101. The minimum Gasteiger partial charge on any atom is -0.495 e. The summed E-state index contributed by atoms with van der Waals surface area (Å²) in [5.74, 6) is 1.21. The van der Waals surface area contributed by atoms with E-state index in [0.717, 1.165) is 54.0 Å². The molecule has 0 fully saturated rings. The molecule has 8 heteroatoms. The highest BCUT2D eigenvalue weighted by Gasteiger charge is 2.25. The Hall–Kier alpha value is -2.80. The van der Waals surface area contributed by atoms with E-state index in [2.05, 4.69) is 15.6 Å². The van der Waals surface area contributed by atoms with Crippen molar-refractivity contribution in [1.82, 2.24) is 14.9 Å². The van der Waals surface area contributed by atoms with Crippen LogP contribution in [-0.4, -0.2) is 28.0 Å². The van der Waals surface area contributed by atoms with Crippen molar-refractivity contribution in [1.29, 1.82) is 0 Å². The molecule has 0 saturated heterocycles. The Balaban J connectivity index is 1.55. The van der Waals surface area contributed by atoms with E-state index in [-0.39, 0.29) is 5.91 Å². The zero-order valence-electron chi connectivity index (χ0n) is 16.7. The lowest BCUT2D eigenvalue weighted by Crippen LogP contribution is -2.16. The first-order chi connectivity index (χ1) is 14.0. The smallest absolute Gasteiger partial charge is 0.278 e. The summed E-state index contributed by atoms with van der Waals surface area (Å²) in [4.78, 5) is 12.8. The van der Waals surface area contributed by atoms with Crippen LogP contribution >= 0.6 is 11.6 Å². The van der Waals surface area contributed by atoms with Crippen molar-refractivity contribution in [3.05, 3.63) is 57.2 Å².